The Kier molecular flexibility index (Phi) is 8.89. The zero-order chi connectivity index (χ0) is 13.4. The second-order valence-corrected chi connectivity index (χ2v) is 10.7. The molecule has 10 heteroatoms. The molecule has 0 unspecified atom stereocenters. The first-order chi connectivity index (χ1) is 8.58. The van der Waals surface area contributed by atoms with Crippen LogP contribution in [0.15, 0.2) is 23.0 Å². The summed E-state index contributed by atoms with van der Waals surface area (Å²) in [6.07, 6.45) is 1.77. The van der Waals surface area contributed by atoms with E-state index in [2.05, 4.69) is 83.2 Å². The Morgan fingerprint density at radius 3 is 2.33 bits per heavy atom. The van der Waals surface area contributed by atoms with Crippen molar-refractivity contribution in [3.63, 3.8) is 0 Å². The Labute approximate surface area is 145 Å². The van der Waals surface area contributed by atoms with E-state index in [1.807, 2.05) is 16.8 Å². The van der Waals surface area contributed by atoms with Crippen LogP contribution in [0.5, 0.6) is 0 Å². The average molecular weight is 540 g/mol. The molecule has 0 fully saturated rings. The maximum atomic E-state index is 4.04. The van der Waals surface area contributed by atoms with Crippen LogP contribution in [-0.2, 0) is 0 Å². The van der Waals surface area contributed by atoms with E-state index in [1.165, 1.54) is 11.5 Å². The van der Waals surface area contributed by atoms with Gasteiger partial charge in [-0.25, -0.2) is 0 Å². The number of anilines is 2. The van der Waals surface area contributed by atoms with Crippen LogP contribution < -0.4 is 10.6 Å². The van der Waals surface area contributed by atoms with Gasteiger partial charge in [-0.15, -0.1) is 0 Å². The fourth-order valence-electron chi connectivity index (χ4n) is 0.763. The molecule has 0 aliphatic rings. The molecule has 0 bridgehead atoms. The van der Waals surface area contributed by atoms with Gasteiger partial charge in [-0.3, -0.25) is 0 Å². The van der Waals surface area contributed by atoms with Gasteiger partial charge in [0.05, 0.1) is 0 Å². The van der Waals surface area contributed by atoms with E-state index in [4.69, 9.17) is 0 Å². The van der Waals surface area contributed by atoms with Crippen molar-refractivity contribution in [3.8, 4) is 0 Å². The van der Waals surface area contributed by atoms with Gasteiger partial charge in [0.15, 0.2) is 0 Å². The van der Waals surface area contributed by atoms with Crippen molar-refractivity contribution in [2.24, 2.45) is 0 Å². The van der Waals surface area contributed by atoms with Crippen molar-refractivity contribution in [3.05, 3.63) is 23.0 Å². The van der Waals surface area contributed by atoms with Gasteiger partial charge in [0, 0.05) is 0 Å². The monoisotopic (exact) mass is 544 g/mol. The number of aromatic nitrogens is 2. The van der Waals surface area contributed by atoms with Gasteiger partial charge < -0.3 is 0 Å². The molecule has 2 aromatic heterocycles. The molecular formula is C8H8N4S2Se4. The molecule has 2 N–H and O–H groups in total. The molecule has 0 aromatic carbocycles. The molecule has 2 heterocycles. The molecule has 0 atom stereocenters. The third-order valence-corrected chi connectivity index (χ3v) is 3.46. The van der Waals surface area contributed by atoms with Gasteiger partial charge in [-0.2, -0.15) is 0 Å². The van der Waals surface area contributed by atoms with Gasteiger partial charge in [0.2, 0.25) is 0 Å². The van der Waals surface area contributed by atoms with Crippen LogP contribution in [0.2, 0.25) is 0 Å². The number of nitrogens with zero attached hydrogens (tertiary/aromatic N) is 2. The zero-order valence-electron chi connectivity index (χ0n) is 8.73. The summed E-state index contributed by atoms with van der Waals surface area (Å²) in [5, 5.41) is 10.8. The molecular weight excluding hydrogens is 532 g/mol. The fourth-order valence-corrected chi connectivity index (χ4v) is 2.96. The van der Waals surface area contributed by atoms with Crippen molar-refractivity contribution in [2.75, 3.05) is 10.6 Å². The van der Waals surface area contributed by atoms with Crippen LogP contribution in [0.3, 0.4) is 0 Å². The maximum absolute atomic E-state index is 4.04. The molecule has 0 radical (unpaired) electrons. The van der Waals surface area contributed by atoms with E-state index in [-0.39, 0.29) is 0 Å². The first kappa shape index (κ1) is 16.7. The number of rotatable bonds is 4. The van der Waals surface area contributed by atoms with Crippen molar-refractivity contribution in [2.45, 2.75) is 0 Å². The van der Waals surface area contributed by atoms with E-state index < -0.39 is 0 Å². The Bertz CT molecular complexity index is 439. The summed E-state index contributed by atoms with van der Waals surface area (Å²) in [7, 11) is 0. The van der Waals surface area contributed by atoms with E-state index >= 15 is 0 Å². The molecule has 2 aromatic rings. The number of thiazole rings is 1. The molecule has 0 saturated heterocycles. The minimum absolute atomic E-state index is 0.898. The van der Waals surface area contributed by atoms with Gasteiger partial charge >= 0.3 is 147 Å². The Morgan fingerprint density at radius 2 is 1.89 bits per heavy atom. The van der Waals surface area contributed by atoms with Crippen LogP contribution in [0.4, 0.5) is 10.9 Å². The average Bonchev–Trinajstić information content (AvgIpc) is 2.90. The molecule has 0 amide bonds. The topological polar surface area (TPSA) is 49.8 Å². The predicted molar refractivity (Wildman–Crippen MR) is 87.3 cm³/mol. The van der Waals surface area contributed by atoms with Crippen LogP contribution in [0, 0.1) is 0 Å². The molecule has 0 saturated carbocycles. The van der Waals surface area contributed by atoms with Gasteiger partial charge in [-0.05, 0) is 0 Å². The summed E-state index contributed by atoms with van der Waals surface area (Å²) >= 11 is 13.4. The van der Waals surface area contributed by atoms with E-state index in [1.54, 1.807) is 17.5 Å². The SMILES string of the molecule is [Se]=C([SeH])Nc1ccsn1.[Se]=C([SeH])Nc1nccs1. The summed E-state index contributed by atoms with van der Waals surface area (Å²) < 4.78 is 6.00. The Morgan fingerprint density at radius 1 is 1.17 bits per heavy atom. The zero-order valence-corrected chi connectivity index (χ0v) is 17.5. The van der Waals surface area contributed by atoms with E-state index in [0.29, 0.717) is 0 Å². The summed E-state index contributed by atoms with van der Waals surface area (Å²) in [6.45, 7) is 0. The molecule has 4 nitrogen and oxygen atoms in total. The molecule has 96 valence electrons. The number of hydrogen-bond acceptors (Lipinski definition) is 6. The molecule has 0 aliphatic heterocycles. The quantitative estimate of drug-likeness (QED) is 0.511. The van der Waals surface area contributed by atoms with Crippen molar-refractivity contribution in [1.29, 1.82) is 0 Å². The van der Waals surface area contributed by atoms with Crippen molar-refractivity contribution < 1.29 is 0 Å². The molecule has 18 heavy (non-hydrogen) atoms. The Hall–Kier alpha value is 0.678. The van der Waals surface area contributed by atoms with Crippen molar-refractivity contribution >= 4 is 104 Å². The van der Waals surface area contributed by atoms with Crippen LogP contribution >= 0.6 is 22.9 Å². The van der Waals surface area contributed by atoms with Crippen LogP contribution in [-0.4, -0.2) is 79.4 Å². The third-order valence-electron chi connectivity index (χ3n) is 1.32. The van der Waals surface area contributed by atoms with Crippen LogP contribution in [0.1, 0.15) is 0 Å². The number of nitrogens with one attached hydrogen (secondary N) is 2. The van der Waals surface area contributed by atoms with Gasteiger partial charge in [-0.1, -0.05) is 0 Å². The first-order valence-electron chi connectivity index (χ1n) is 4.37. The van der Waals surface area contributed by atoms with Crippen LogP contribution in [0.25, 0.3) is 0 Å². The van der Waals surface area contributed by atoms with E-state index in [9.17, 15) is 0 Å². The summed E-state index contributed by atoms with van der Waals surface area (Å²) in [5.41, 5.74) is 0. The van der Waals surface area contributed by atoms with E-state index in [0.717, 1.165) is 17.8 Å². The summed E-state index contributed by atoms with van der Waals surface area (Å²) in [6, 6.07) is 1.93. The fraction of sp³-hybridized carbons (Fsp3) is 0. The third kappa shape index (κ3) is 7.97. The second kappa shape index (κ2) is 9.56. The summed E-state index contributed by atoms with van der Waals surface area (Å²) in [5.74, 6) is 0.898. The molecule has 0 spiro atoms. The standard InChI is InChI=1S/2C4H4N2SSe2/c8-4(9)6-3-5-1-2-7-3;8-4(9)5-3-1-2-7-6-3/h2*1-2H,(H2,5,6,8,9). The second-order valence-electron chi connectivity index (χ2n) is 2.58. The molecule has 0 aliphatic carbocycles. The van der Waals surface area contributed by atoms with Gasteiger partial charge in [0.25, 0.3) is 0 Å². The summed E-state index contributed by atoms with van der Waals surface area (Å²) in [4.78, 5) is 4.01. The first-order valence-corrected chi connectivity index (χ1v) is 9.68. The number of hydrogen-bond donors (Lipinski definition) is 2. The predicted octanol–water partition coefficient (Wildman–Crippen LogP) is -0.577. The minimum atomic E-state index is 0.898. The Balaban J connectivity index is 0.000000180. The molecule has 2 rings (SSSR count). The normalized spacial score (nSPS) is 9.00. The van der Waals surface area contributed by atoms with Crippen molar-refractivity contribution in [1.82, 2.24) is 9.36 Å². The van der Waals surface area contributed by atoms with Gasteiger partial charge in [0.1, 0.15) is 0 Å².